The number of benzene rings is 2. The predicted octanol–water partition coefficient (Wildman–Crippen LogP) is 2.58. The molecule has 6 nitrogen and oxygen atoms in total. The third-order valence-electron chi connectivity index (χ3n) is 2.91. The number of rotatable bonds is 6. The van der Waals surface area contributed by atoms with E-state index in [1.807, 2.05) is 6.92 Å². The largest absolute Gasteiger partial charge is 0.494 e. The fraction of sp³-hybridized carbons (Fsp3) is 0.176. The maximum absolute atomic E-state index is 11.8. The minimum atomic E-state index is -0.487. The number of amides is 2. The standard InChI is InChI=1S/C17H17ClN2O4/c1-2-23-14-6-8-15(9-7-14)24-11-16(21)19-20-17(22)12-4-3-5-13(18)10-12/h3-10H,2,11H2,1H3,(H,19,21)(H,20,22). The predicted molar refractivity (Wildman–Crippen MR) is 90.2 cm³/mol. The van der Waals surface area contributed by atoms with Crippen molar-refractivity contribution in [2.75, 3.05) is 13.2 Å². The molecular formula is C17H17ClN2O4. The van der Waals surface area contributed by atoms with E-state index in [0.29, 0.717) is 22.9 Å². The van der Waals surface area contributed by atoms with E-state index < -0.39 is 11.8 Å². The maximum atomic E-state index is 11.8. The Kier molecular flexibility index (Phi) is 6.45. The lowest BCUT2D eigenvalue weighted by Crippen LogP contribution is -2.43. The van der Waals surface area contributed by atoms with Gasteiger partial charge in [0.15, 0.2) is 6.61 Å². The topological polar surface area (TPSA) is 76.7 Å². The van der Waals surface area contributed by atoms with Gasteiger partial charge in [-0.25, -0.2) is 0 Å². The van der Waals surface area contributed by atoms with E-state index in [2.05, 4.69) is 10.9 Å². The fourth-order valence-electron chi connectivity index (χ4n) is 1.81. The van der Waals surface area contributed by atoms with Crippen LogP contribution in [-0.4, -0.2) is 25.0 Å². The van der Waals surface area contributed by atoms with Crippen LogP contribution in [0.5, 0.6) is 11.5 Å². The molecule has 0 aliphatic heterocycles. The van der Waals surface area contributed by atoms with E-state index in [1.54, 1.807) is 42.5 Å². The van der Waals surface area contributed by atoms with Crippen molar-refractivity contribution in [2.45, 2.75) is 6.92 Å². The zero-order valence-electron chi connectivity index (χ0n) is 13.0. The first-order chi connectivity index (χ1) is 11.6. The smallest absolute Gasteiger partial charge is 0.276 e. The van der Waals surface area contributed by atoms with Gasteiger partial charge < -0.3 is 9.47 Å². The van der Waals surface area contributed by atoms with Gasteiger partial charge in [0, 0.05) is 10.6 Å². The quantitative estimate of drug-likeness (QED) is 0.787. The molecule has 0 radical (unpaired) electrons. The molecule has 2 aromatic rings. The molecule has 0 atom stereocenters. The van der Waals surface area contributed by atoms with E-state index in [-0.39, 0.29) is 6.61 Å². The summed E-state index contributed by atoms with van der Waals surface area (Å²) in [5.41, 5.74) is 4.90. The van der Waals surface area contributed by atoms with Gasteiger partial charge in [-0.2, -0.15) is 0 Å². The monoisotopic (exact) mass is 348 g/mol. The highest BCUT2D eigenvalue weighted by Gasteiger charge is 2.08. The Morgan fingerprint density at radius 3 is 2.29 bits per heavy atom. The van der Waals surface area contributed by atoms with Crippen LogP contribution >= 0.6 is 11.6 Å². The second-order valence-electron chi connectivity index (χ2n) is 4.71. The van der Waals surface area contributed by atoms with Crippen molar-refractivity contribution >= 4 is 23.4 Å². The Balaban J connectivity index is 1.76. The molecule has 2 amide bonds. The molecule has 0 spiro atoms. The van der Waals surface area contributed by atoms with Gasteiger partial charge >= 0.3 is 0 Å². The lowest BCUT2D eigenvalue weighted by atomic mass is 10.2. The van der Waals surface area contributed by atoms with Crippen LogP contribution in [0.25, 0.3) is 0 Å². The van der Waals surface area contributed by atoms with Crippen LogP contribution in [0.4, 0.5) is 0 Å². The molecule has 7 heteroatoms. The van der Waals surface area contributed by atoms with Crippen LogP contribution in [-0.2, 0) is 4.79 Å². The van der Waals surface area contributed by atoms with Crippen LogP contribution in [0.15, 0.2) is 48.5 Å². The third-order valence-corrected chi connectivity index (χ3v) is 3.14. The van der Waals surface area contributed by atoms with E-state index in [1.165, 1.54) is 6.07 Å². The average Bonchev–Trinajstić information content (AvgIpc) is 2.59. The molecule has 0 heterocycles. The molecule has 0 fully saturated rings. The summed E-state index contributed by atoms with van der Waals surface area (Å²) in [6, 6.07) is 13.3. The lowest BCUT2D eigenvalue weighted by molar-refractivity contribution is -0.123. The summed E-state index contributed by atoms with van der Waals surface area (Å²) < 4.78 is 10.6. The first kappa shape index (κ1) is 17.6. The van der Waals surface area contributed by atoms with Crippen molar-refractivity contribution in [3.8, 4) is 11.5 Å². The highest BCUT2D eigenvalue weighted by Crippen LogP contribution is 2.17. The second kappa shape index (κ2) is 8.79. The van der Waals surface area contributed by atoms with Gasteiger partial charge in [-0.1, -0.05) is 17.7 Å². The molecule has 2 aromatic carbocycles. The van der Waals surface area contributed by atoms with Crippen molar-refractivity contribution in [1.82, 2.24) is 10.9 Å². The van der Waals surface area contributed by atoms with Crippen LogP contribution in [0.3, 0.4) is 0 Å². The number of carbonyl (C=O) groups excluding carboxylic acids is 2. The minimum Gasteiger partial charge on any atom is -0.494 e. The molecule has 0 bridgehead atoms. The van der Waals surface area contributed by atoms with E-state index in [9.17, 15) is 9.59 Å². The van der Waals surface area contributed by atoms with Gasteiger partial charge in [-0.3, -0.25) is 20.4 Å². The lowest BCUT2D eigenvalue weighted by Gasteiger charge is -2.09. The van der Waals surface area contributed by atoms with E-state index >= 15 is 0 Å². The van der Waals surface area contributed by atoms with Crippen molar-refractivity contribution in [3.63, 3.8) is 0 Å². The molecule has 0 unspecified atom stereocenters. The fourth-order valence-corrected chi connectivity index (χ4v) is 2.00. The van der Waals surface area contributed by atoms with Crippen molar-refractivity contribution in [3.05, 3.63) is 59.1 Å². The molecule has 24 heavy (non-hydrogen) atoms. The summed E-state index contributed by atoms with van der Waals surface area (Å²) in [7, 11) is 0. The minimum absolute atomic E-state index is 0.232. The Morgan fingerprint density at radius 1 is 1.00 bits per heavy atom. The second-order valence-corrected chi connectivity index (χ2v) is 5.14. The molecular weight excluding hydrogens is 332 g/mol. The molecule has 0 aromatic heterocycles. The summed E-state index contributed by atoms with van der Waals surface area (Å²) in [5.74, 6) is 0.295. The van der Waals surface area contributed by atoms with Gasteiger partial charge in [0.25, 0.3) is 11.8 Å². The van der Waals surface area contributed by atoms with Crippen LogP contribution in [0, 0.1) is 0 Å². The number of hydrogen-bond acceptors (Lipinski definition) is 4. The van der Waals surface area contributed by atoms with E-state index in [4.69, 9.17) is 21.1 Å². The third kappa shape index (κ3) is 5.48. The molecule has 2 N–H and O–H groups in total. The van der Waals surface area contributed by atoms with Gasteiger partial charge in [-0.15, -0.1) is 0 Å². The van der Waals surface area contributed by atoms with Gasteiger partial charge in [-0.05, 0) is 49.4 Å². The van der Waals surface area contributed by atoms with Crippen molar-refractivity contribution in [2.24, 2.45) is 0 Å². The molecule has 0 aliphatic carbocycles. The Hall–Kier alpha value is -2.73. The summed E-state index contributed by atoms with van der Waals surface area (Å²) in [6.45, 7) is 2.24. The first-order valence-corrected chi connectivity index (χ1v) is 7.66. The highest BCUT2D eigenvalue weighted by molar-refractivity contribution is 6.30. The summed E-state index contributed by atoms with van der Waals surface area (Å²) >= 11 is 5.80. The Labute approximate surface area is 144 Å². The zero-order chi connectivity index (χ0) is 17.4. The SMILES string of the molecule is CCOc1ccc(OCC(=O)NNC(=O)c2cccc(Cl)c2)cc1. The number of ether oxygens (including phenoxy) is 2. The maximum Gasteiger partial charge on any atom is 0.276 e. The first-order valence-electron chi connectivity index (χ1n) is 7.29. The van der Waals surface area contributed by atoms with Crippen molar-refractivity contribution in [1.29, 1.82) is 0 Å². The molecule has 126 valence electrons. The zero-order valence-corrected chi connectivity index (χ0v) is 13.8. The van der Waals surface area contributed by atoms with Crippen molar-refractivity contribution < 1.29 is 19.1 Å². The number of carbonyl (C=O) groups is 2. The summed E-state index contributed by atoms with van der Waals surface area (Å²) in [6.07, 6.45) is 0. The number of nitrogens with one attached hydrogen (secondary N) is 2. The van der Waals surface area contributed by atoms with Crippen LogP contribution < -0.4 is 20.3 Å². The number of hydrazine groups is 1. The Morgan fingerprint density at radius 2 is 1.67 bits per heavy atom. The molecule has 2 rings (SSSR count). The van der Waals surface area contributed by atoms with Crippen LogP contribution in [0.1, 0.15) is 17.3 Å². The Bertz CT molecular complexity index is 704. The number of halogens is 1. The average molecular weight is 349 g/mol. The van der Waals surface area contributed by atoms with Crippen LogP contribution in [0.2, 0.25) is 5.02 Å². The van der Waals surface area contributed by atoms with Gasteiger partial charge in [0.2, 0.25) is 0 Å². The summed E-state index contributed by atoms with van der Waals surface area (Å²) in [4.78, 5) is 23.5. The highest BCUT2D eigenvalue weighted by atomic mass is 35.5. The molecule has 0 aliphatic rings. The normalized spacial score (nSPS) is 9.92. The van der Waals surface area contributed by atoms with E-state index in [0.717, 1.165) is 5.75 Å². The molecule has 0 saturated carbocycles. The summed E-state index contributed by atoms with van der Waals surface area (Å²) in [5, 5.41) is 0.438. The number of hydrogen-bond donors (Lipinski definition) is 2. The molecule has 0 saturated heterocycles. The van der Waals surface area contributed by atoms with Gasteiger partial charge in [0.1, 0.15) is 11.5 Å². The van der Waals surface area contributed by atoms with Gasteiger partial charge in [0.05, 0.1) is 6.61 Å².